The van der Waals surface area contributed by atoms with Gasteiger partial charge in [0.25, 0.3) is 5.91 Å². The lowest BCUT2D eigenvalue weighted by molar-refractivity contribution is -0.136. The molecule has 0 unspecified atom stereocenters. The van der Waals surface area contributed by atoms with Crippen LogP contribution in [0.3, 0.4) is 0 Å². The average Bonchev–Trinajstić information content (AvgIpc) is 3.09. The van der Waals surface area contributed by atoms with E-state index in [1.807, 2.05) is 25.1 Å². The monoisotopic (exact) mass is 388 g/mol. The molecule has 0 bridgehead atoms. The first-order valence-corrected chi connectivity index (χ1v) is 10.1. The Kier molecular flexibility index (Phi) is 6.55. The number of amides is 1. The van der Waals surface area contributed by atoms with Crippen molar-refractivity contribution in [2.75, 3.05) is 19.7 Å². The number of likely N-dealkylation sites (tertiary alicyclic amines) is 1. The Labute approximate surface area is 163 Å². The van der Waals surface area contributed by atoms with Gasteiger partial charge in [0.2, 0.25) is 0 Å². The van der Waals surface area contributed by atoms with Gasteiger partial charge < -0.3 is 14.2 Å². The molecule has 144 valence electrons. The average molecular weight is 388 g/mol. The molecule has 27 heavy (non-hydrogen) atoms. The van der Waals surface area contributed by atoms with E-state index < -0.39 is 5.97 Å². The van der Waals surface area contributed by atoms with Crippen LogP contribution >= 0.6 is 11.8 Å². The fourth-order valence-electron chi connectivity index (χ4n) is 3.11. The predicted molar refractivity (Wildman–Crippen MR) is 103 cm³/mol. The summed E-state index contributed by atoms with van der Waals surface area (Å²) in [7, 11) is 0. The molecule has 1 aliphatic rings. The molecule has 0 saturated carbocycles. The number of aryl methyl sites for hydroxylation is 1. The minimum atomic E-state index is -0.479. The van der Waals surface area contributed by atoms with Gasteiger partial charge in [-0.2, -0.15) is 0 Å². The van der Waals surface area contributed by atoms with E-state index in [4.69, 9.17) is 9.26 Å². The van der Waals surface area contributed by atoms with Crippen LogP contribution in [0.25, 0.3) is 0 Å². The van der Waals surface area contributed by atoms with Gasteiger partial charge in [0.1, 0.15) is 5.76 Å². The van der Waals surface area contributed by atoms with Gasteiger partial charge in [-0.25, -0.2) is 4.79 Å². The van der Waals surface area contributed by atoms with Crippen molar-refractivity contribution < 1.29 is 18.8 Å². The molecule has 1 aromatic heterocycles. The summed E-state index contributed by atoms with van der Waals surface area (Å²) in [4.78, 5) is 27.4. The van der Waals surface area contributed by atoms with Gasteiger partial charge >= 0.3 is 5.97 Å². The van der Waals surface area contributed by atoms with E-state index in [1.165, 1.54) is 11.8 Å². The summed E-state index contributed by atoms with van der Waals surface area (Å²) in [5.41, 5.74) is 1.28. The highest BCUT2D eigenvalue weighted by Crippen LogP contribution is 2.27. The third-order valence-corrected chi connectivity index (χ3v) is 5.60. The van der Waals surface area contributed by atoms with Crippen LogP contribution in [0.4, 0.5) is 0 Å². The van der Waals surface area contributed by atoms with E-state index in [1.54, 1.807) is 17.0 Å². The number of rotatable bonds is 6. The summed E-state index contributed by atoms with van der Waals surface area (Å²) in [5, 5.41) is 3.96. The maximum atomic E-state index is 12.5. The number of benzene rings is 1. The van der Waals surface area contributed by atoms with Crippen LogP contribution in [0.15, 0.2) is 39.8 Å². The highest BCUT2D eigenvalue weighted by atomic mass is 32.2. The molecule has 1 saturated heterocycles. The SMILES string of the molecule is Cc1cc(CSc2ccccc2C(=O)OCC(=O)N2CCC[C@@H](C)C2)no1. The van der Waals surface area contributed by atoms with Gasteiger partial charge in [0.05, 0.1) is 11.3 Å². The molecule has 6 nitrogen and oxygen atoms in total. The van der Waals surface area contributed by atoms with Crippen LogP contribution < -0.4 is 0 Å². The molecular weight excluding hydrogens is 364 g/mol. The van der Waals surface area contributed by atoms with E-state index in [-0.39, 0.29) is 12.5 Å². The Balaban J connectivity index is 1.57. The number of hydrogen-bond acceptors (Lipinski definition) is 6. The van der Waals surface area contributed by atoms with Gasteiger partial charge in [0.15, 0.2) is 6.61 Å². The lowest BCUT2D eigenvalue weighted by Gasteiger charge is -2.30. The third kappa shape index (κ3) is 5.35. The van der Waals surface area contributed by atoms with Crippen LogP contribution in [0.1, 0.15) is 41.6 Å². The Bertz CT molecular complexity index is 805. The molecule has 1 aliphatic heterocycles. The van der Waals surface area contributed by atoms with Crippen LogP contribution in [0.2, 0.25) is 0 Å². The Hall–Kier alpha value is -2.28. The molecule has 0 aliphatic carbocycles. The number of esters is 1. The summed E-state index contributed by atoms with van der Waals surface area (Å²) in [5.74, 6) is 1.23. The fourth-order valence-corrected chi connectivity index (χ4v) is 4.03. The second kappa shape index (κ2) is 9.08. The van der Waals surface area contributed by atoms with Crippen molar-refractivity contribution in [2.45, 2.75) is 37.3 Å². The Morgan fingerprint density at radius 1 is 1.37 bits per heavy atom. The molecule has 0 spiro atoms. The normalized spacial score (nSPS) is 17.0. The predicted octanol–water partition coefficient (Wildman–Crippen LogP) is 3.69. The number of thioether (sulfide) groups is 1. The van der Waals surface area contributed by atoms with E-state index in [2.05, 4.69) is 12.1 Å². The quantitative estimate of drug-likeness (QED) is 0.555. The van der Waals surface area contributed by atoms with Gasteiger partial charge in [-0.05, 0) is 37.8 Å². The molecule has 0 radical (unpaired) electrons. The first kappa shape index (κ1) is 19.5. The van der Waals surface area contributed by atoms with Gasteiger partial charge in [0, 0.05) is 29.8 Å². The minimum absolute atomic E-state index is 0.127. The van der Waals surface area contributed by atoms with Gasteiger partial charge in [-0.1, -0.05) is 24.2 Å². The number of piperidine rings is 1. The maximum absolute atomic E-state index is 12.5. The van der Waals surface area contributed by atoms with E-state index in [0.29, 0.717) is 17.2 Å². The third-order valence-electron chi connectivity index (χ3n) is 4.50. The molecule has 0 N–H and O–H groups in total. The Morgan fingerprint density at radius 3 is 2.93 bits per heavy atom. The number of carbonyl (C=O) groups is 2. The molecule has 1 fully saturated rings. The number of aromatic nitrogens is 1. The Morgan fingerprint density at radius 2 is 2.19 bits per heavy atom. The van der Waals surface area contributed by atoms with Crippen LogP contribution in [0, 0.1) is 12.8 Å². The van der Waals surface area contributed by atoms with Crippen molar-refractivity contribution >= 4 is 23.6 Å². The first-order valence-electron chi connectivity index (χ1n) is 9.12. The number of ether oxygens (including phenoxy) is 1. The second-order valence-electron chi connectivity index (χ2n) is 6.88. The van der Waals surface area contributed by atoms with Crippen molar-refractivity contribution in [3.05, 3.63) is 47.3 Å². The van der Waals surface area contributed by atoms with Crippen molar-refractivity contribution in [1.29, 1.82) is 0 Å². The summed E-state index contributed by atoms with van der Waals surface area (Å²) < 4.78 is 10.4. The molecule has 7 heteroatoms. The molecule has 1 amide bonds. The summed E-state index contributed by atoms with van der Waals surface area (Å²) in [6.07, 6.45) is 2.14. The van der Waals surface area contributed by atoms with E-state index >= 15 is 0 Å². The van der Waals surface area contributed by atoms with Crippen LogP contribution in [-0.2, 0) is 15.3 Å². The number of carbonyl (C=O) groups excluding carboxylic acids is 2. The molecule has 1 atom stereocenters. The molecule has 2 aromatic rings. The van der Waals surface area contributed by atoms with Gasteiger partial charge in [-0.3, -0.25) is 4.79 Å². The highest BCUT2D eigenvalue weighted by molar-refractivity contribution is 7.98. The standard InChI is InChI=1S/C20H24N2O4S/c1-14-6-5-9-22(11-14)19(23)12-25-20(24)17-7-3-4-8-18(17)27-13-16-10-15(2)26-21-16/h3-4,7-8,10,14H,5-6,9,11-13H2,1-2H3/t14-/m1/s1. The minimum Gasteiger partial charge on any atom is -0.452 e. The zero-order chi connectivity index (χ0) is 19.2. The van der Waals surface area contributed by atoms with E-state index in [9.17, 15) is 9.59 Å². The molecule has 3 rings (SSSR count). The highest BCUT2D eigenvalue weighted by Gasteiger charge is 2.22. The molecule has 1 aromatic carbocycles. The van der Waals surface area contributed by atoms with E-state index in [0.717, 1.165) is 42.3 Å². The van der Waals surface area contributed by atoms with Crippen molar-refractivity contribution in [1.82, 2.24) is 10.1 Å². The maximum Gasteiger partial charge on any atom is 0.339 e. The lowest BCUT2D eigenvalue weighted by Crippen LogP contribution is -2.41. The smallest absolute Gasteiger partial charge is 0.339 e. The van der Waals surface area contributed by atoms with Crippen molar-refractivity contribution in [3.63, 3.8) is 0 Å². The fraction of sp³-hybridized carbons (Fsp3) is 0.450. The van der Waals surface area contributed by atoms with Gasteiger partial charge in [-0.15, -0.1) is 11.8 Å². The zero-order valence-corrected chi connectivity index (χ0v) is 16.5. The van der Waals surface area contributed by atoms with Crippen LogP contribution in [-0.4, -0.2) is 41.6 Å². The second-order valence-corrected chi connectivity index (χ2v) is 7.89. The topological polar surface area (TPSA) is 72.6 Å². The van der Waals surface area contributed by atoms with Crippen molar-refractivity contribution in [2.24, 2.45) is 5.92 Å². The summed E-state index contributed by atoms with van der Waals surface area (Å²) in [6.45, 7) is 5.24. The number of nitrogens with zero attached hydrogens (tertiary/aromatic N) is 2. The van der Waals surface area contributed by atoms with Crippen molar-refractivity contribution in [3.8, 4) is 0 Å². The lowest BCUT2D eigenvalue weighted by atomic mass is 10.0. The number of hydrogen-bond donors (Lipinski definition) is 0. The largest absolute Gasteiger partial charge is 0.452 e. The zero-order valence-electron chi connectivity index (χ0n) is 15.6. The first-order chi connectivity index (χ1) is 13.0. The summed E-state index contributed by atoms with van der Waals surface area (Å²) in [6, 6.07) is 9.10. The van der Waals surface area contributed by atoms with Crippen LogP contribution in [0.5, 0.6) is 0 Å². The molecule has 2 heterocycles. The molecular formula is C20H24N2O4S. The summed E-state index contributed by atoms with van der Waals surface area (Å²) >= 11 is 1.49.